The van der Waals surface area contributed by atoms with Crippen molar-refractivity contribution in [1.29, 1.82) is 0 Å². The van der Waals surface area contributed by atoms with Gasteiger partial charge in [-0.2, -0.15) is 5.10 Å². The zero-order chi connectivity index (χ0) is 18.3. The van der Waals surface area contributed by atoms with E-state index in [4.69, 9.17) is 0 Å². The fourth-order valence-electron chi connectivity index (χ4n) is 2.91. The van der Waals surface area contributed by atoms with E-state index in [2.05, 4.69) is 20.1 Å². The Morgan fingerprint density at radius 1 is 1.12 bits per heavy atom. The monoisotopic (exact) mass is 346 g/mol. The summed E-state index contributed by atoms with van der Waals surface area (Å²) in [6.07, 6.45) is 3.70. The van der Waals surface area contributed by atoms with E-state index in [0.29, 0.717) is 17.3 Å². The van der Waals surface area contributed by atoms with Gasteiger partial charge in [0.15, 0.2) is 17.3 Å². The molecule has 0 aliphatic heterocycles. The van der Waals surface area contributed by atoms with E-state index in [-0.39, 0.29) is 12.2 Å². The minimum Gasteiger partial charge on any atom is -0.331 e. The third-order valence-electron chi connectivity index (χ3n) is 4.27. The molecule has 0 saturated carbocycles. The first-order valence-corrected chi connectivity index (χ1v) is 8.33. The van der Waals surface area contributed by atoms with Crippen LogP contribution < -0.4 is 0 Å². The second-order valence-corrected chi connectivity index (χ2v) is 6.28. The molecule has 7 heteroatoms. The molecule has 3 heterocycles. The third kappa shape index (κ3) is 2.77. The van der Waals surface area contributed by atoms with Crippen LogP contribution in [0, 0.1) is 13.8 Å². The summed E-state index contributed by atoms with van der Waals surface area (Å²) in [5.41, 5.74) is 4.09. The molecule has 0 aliphatic carbocycles. The second-order valence-electron chi connectivity index (χ2n) is 6.28. The largest absolute Gasteiger partial charge is 0.331 e. The zero-order valence-electron chi connectivity index (χ0n) is 14.8. The van der Waals surface area contributed by atoms with Crippen LogP contribution in [0.25, 0.3) is 16.9 Å². The highest BCUT2D eigenvalue weighted by Crippen LogP contribution is 2.18. The lowest BCUT2D eigenvalue weighted by Gasteiger charge is -1.98. The van der Waals surface area contributed by atoms with Crippen LogP contribution in [-0.4, -0.2) is 34.9 Å². The van der Waals surface area contributed by atoms with Gasteiger partial charge >= 0.3 is 0 Å². The van der Waals surface area contributed by atoms with Crippen molar-refractivity contribution in [3.63, 3.8) is 0 Å². The number of Topliss-reactive ketones (excluding diaryl/α,β-unsaturated/α-hetero) is 1. The summed E-state index contributed by atoms with van der Waals surface area (Å²) in [6.45, 7) is 3.78. The lowest BCUT2D eigenvalue weighted by molar-refractivity contribution is 0.0978. The first kappa shape index (κ1) is 16.1. The smallest absolute Gasteiger partial charge is 0.205 e. The number of benzene rings is 1. The highest BCUT2D eigenvalue weighted by atomic mass is 16.1. The molecule has 0 saturated heterocycles. The molecule has 0 spiro atoms. The van der Waals surface area contributed by atoms with Crippen molar-refractivity contribution in [3.05, 3.63) is 65.8 Å². The van der Waals surface area contributed by atoms with Crippen LogP contribution in [0.4, 0.5) is 0 Å². The summed E-state index contributed by atoms with van der Waals surface area (Å²) in [5, 5.41) is 4.44. The summed E-state index contributed by atoms with van der Waals surface area (Å²) >= 11 is 0. The van der Waals surface area contributed by atoms with Crippen LogP contribution in [0.5, 0.6) is 0 Å². The average molecular weight is 346 g/mol. The molecule has 0 aliphatic rings. The van der Waals surface area contributed by atoms with Crippen molar-refractivity contribution >= 4 is 11.4 Å². The number of aromatic nitrogens is 6. The van der Waals surface area contributed by atoms with Crippen molar-refractivity contribution in [2.24, 2.45) is 7.05 Å². The lowest BCUT2D eigenvalue weighted by Crippen LogP contribution is -2.11. The molecule has 0 bridgehead atoms. The summed E-state index contributed by atoms with van der Waals surface area (Å²) in [5.74, 6) is 0.751. The minimum atomic E-state index is -0.117. The van der Waals surface area contributed by atoms with Gasteiger partial charge in [0.2, 0.25) is 5.78 Å². The Bertz CT molecular complexity index is 1070. The minimum absolute atomic E-state index is 0.0969. The number of nitrogens with zero attached hydrogens (tertiary/aromatic N) is 6. The van der Waals surface area contributed by atoms with Crippen LogP contribution >= 0.6 is 0 Å². The molecule has 26 heavy (non-hydrogen) atoms. The molecule has 1 aromatic carbocycles. The number of aryl methyl sites for hydroxylation is 3. The number of carbonyl (C=O) groups excluding carboxylic acids is 1. The van der Waals surface area contributed by atoms with Crippen molar-refractivity contribution in [1.82, 2.24) is 29.1 Å². The maximum Gasteiger partial charge on any atom is 0.205 e. The Balaban J connectivity index is 1.64. The van der Waals surface area contributed by atoms with E-state index in [9.17, 15) is 4.79 Å². The number of rotatable bonds is 4. The van der Waals surface area contributed by atoms with Gasteiger partial charge in [-0.25, -0.2) is 14.5 Å². The van der Waals surface area contributed by atoms with Gasteiger partial charge in [-0.3, -0.25) is 9.78 Å². The van der Waals surface area contributed by atoms with E-state index in [0.717, 1.165) is 22.6 Å². The van der Waals surface area contributed by atoms with Crippen molar-refractivity contribution < 1.29 is 4.79 Å². The topological polar surface area (TPSA) is 78.0 Å². The number of imidazole rings is 1. The van der Waals surface area contributed by atoms with Gasteiger partial charge < -0.3 is 4.57 Å². The Hall–Kier alpha value is -3.35. The van der Waals surface area contributed by atoms with Gasteiger partial charge in [0.1, 0.15) is 0 Å². The third-order valence-corrected chi connectivity index (χ3v) is 4.27. The maximum atomic E-state index is 12.7. The molecule has 0 amide bonds. The van der Waals surface area contributed by atoms with Gasteiger partial charge in [-0.1, -0.05) is 30.3 Å². The molecule has 0 unspecified atom stereocenters. The van der Waals surface area contributed by atoms with E-state index in [1.54, 1.807) is 15.3 Å². The summed E-state index contributed by atoms with van der Waals surface area (Å²) in [6, 6.07) is 9.79. The molecule has 0 radical (unpaired) electrons. The Morgan fingerprint density at radius 2 is 1.88 bits per heavy atom. The number of hydrogen-bond donors (Lipinski definition) is 0. The number of carbonyl (C=O) groups is 1. The Labute approximate surface area is 150 Å². The van der Waals surface area contributed by atoms with Crippen molar-refractivity contribution in [2.75, 3.05) is 0 Å². The molecule has 0 atom stereocenters. The number of fused-ring (bicyclic) bond motifs is 1. The molecule has 7 nitrogen and oxygen atoms in total. The number of ketones is 1. The fourth-order valence-corrected chi connectivity index (χ4v) is 2.91. The Kier molecular flexibility index (Phi) is 3.84. The van der Waals surface area contributed by atoms with Crippen LogP contribution in [0.15, 0.2) is 42.7 Å². The van der Waals surface area contributed by atoms with Gasteiger partial charge in [0, 0.05) is 25.0 Å². The van der Waals surface area contributed by atoms with Gasteiger partial charge in [0.05, 0.1) is 23.5 Å². The first-order chi connectivity index (χ1) is 12.5. The van der Waals surface area contributed by atoms with E-state index in [1.165, 1.54) is 0 Å². The molecule has 3 aromatic heterocycles. The highest BCUT2D eigenvalue weighted by molar-refractivity contribution is 5.94. The quantitative estimate of drug-likeness (QED) is 0.531. The second kappa shape index (κ2) is 6.18. The van der Waals surface area contributed by atoms with Gasteiger partial charge in [-0.15, -0.1) is 0 Å². The molecular formula is C19H18N6O. The lowest BCUT2D eigenvalue weighted by atomic mass is 10.2. The predicted octanol–water partition coefficient (Wildman–Crippen LogP) is 2.57. The molecule has 130 valence electrons. The average Bonchev–Trinajstić information content (AvgIpc) is 3.23. The predicted molar refractivity (Wildman–Crippen MR) is 96.9 cm³/mol. The summed E-state index contributed by atoms with van der Waals surface area (Å²) < 4.78 is 3.47. The SMILES string of the molecule is Cc1ncc(C)n2nc(CC(=O)c3nc(-c4ccccc4)cn3C)nc12. The standard InChI is InChI=1S/C19H18N6O/c1-12-10-20-13(2)18-22-17(23-25(12)18)9-16(26)19-21-15(11-24(19)3)14-7-5-4-6-8-14/h4-8,10-11H,9H2,1-3H3. The molecular weight excluding hydrogens is 328 g/mol. The zero-order valence-corrected chi connectivity index (χ0v) is 14.8. The Morgan fingerprint density at radius 3 is 2.62 bits per heavy atom. The van der Waals surface area contributed by atoms with Crippen LogP contribution in [0.1, 0.15) is 27.8 Å². The van der Waals surface area contributed by atoms with Crippen molar-refractivity contribution in [3.8, 4) is 11.3 Å². The summed E-state index contributed by atoms with van der Waals surface area (Å²) in [7, 11) is 1.82. The first-order valence-electron chi connectivity index (χ1n) is 8.33. The van der Waals surface area contributed by atoms with Crippen LogP contribution in [-0.2, 0) is 13.5 Å². The number of hydrogen-bond acceptors (Lipinski definition) is 5. The van der Waals surface area contributed by atoms with Crippen LogP contribution in [0.3, 0.4) is 0 Å². The van der Waals surface area contributed by atoms with Gasteiger partial charge in [-0.05, 0) is 13.8 Å². The van der Waals surface area contributed by atoms with Crippen LogP contribution in [0.2, 0.25) is 0 Å². The van der Waals surface area contributed by atoms with E-state index in [1.807, 2.05) is 57.4 Å². The maximum absolute atomic E-state index is 12.7. The van der Waals surface area contributed by atoms with Crippen molar-refractivity contribution in [2.45, 2.75) is 20.3 Å². The highest BCUT2D eigenvalue weighted by Gasteiger charge is 2.18. The fraction of sp³-hybridized carbons (Fsp3) is 0.211. The van der Waals surface area contributed by atoms with E-state index >= 15 is 0 Å². The molecule has 0 N–H and O–H groups in total. The molecule has 4 rings (SSSR count). The summed E-state index contributed by atoms with van der Waals surface area (Å²) in [4.78, 5) is 26.0. The molecule has 4 aromatic rings. The van der Waals surface area contributed by atoms with Gasteiger partial charge in [0.25, 0.3) is 0 Å². The molecule has 0 fully saturated rings. The van der Waals surface area contributed by atoms with E-state index < -0.39 is 0 Å². The normalized spacial score (nSPS) is 11.2.